The van der Waals surface area contributed by atoms with Crippen molar-refractivity contribution in [3.63, 3.8) is 0 Å². The minimum absolute atomic E-state index is 0.135. The quantitative estimate of drug-likeness (QED) is 0.599. The van der Waals surface area contributed by atoms with Crippen molar-refractivity contribution in [2.24, 2.45) is 0 Å². The van der Waals surface area contributed by atoms with Gasteiger partial charge in [-0.05, 0) is 42.5 Å². The van der Waals surface area contributed by atoms with Crippen molar-refractivity contribution in [3.8, 4) is 0 Å². The van der Waals surface area contributed by atoms with E-state index in [0.717, 1.165) is 5.69 Å². The number of aromatic nitrogens is 1. The van der Waals surface area contributed by atoms with Crippen molar-refractivity contribution in [3.05, 3.63) is 77.4 Å². The Balaban J connectivity index is 1.66. The number of nitrogens with zero attached hydrogens (tertiary/aromatic N) is 1. The second-order valence-corrected chi connectivity index (χ2v) is 6.16. The van der Waals surface area contributed by atoms with Gasteiger partial charge in [-0.2, -0.15) is 0 Å². The number of rotatable bonds is 5. The molecule has 3 rings (SSSR count). The van der Waals surface area contributed by atoms with Crippen LogP contribution in [0.15, 0.2) is 66.9 Å². The first-order valence-electron chi connectivity index (χ1n) is 8.18. The van der Waals surface area contributed by atoms with Gasteiger partial charge in [0.2, 0.25) is 5.91 Å². The van der Waals surface area contributed by atoms with Gasteiger partial charge in [0.1, 0.15) is 5.82 Å². The zero-order valence-electron chi connectivity index (χ0n) is 14.5. The van der Waals surface area contributed by atoms with Gasteiger partial charge in [-0.25, -0.2) is 4.98 Å². The van der Waals surface area contributed by atoms with E-state index in [4.69, 9.17) is 11.6 Å². The third kappa shape index (κ3) is 5.05. The van der Waals surface area contributed by atoms with Crippen LogP contribution >= 0.6 is 11.6 Å². The van der Waals surface area contributed by atoms with E-state index < -0.39 is 0 Å². The lowest BCUT2D eigenvalue weighted by atomic mass is 10.2. The second kappa shape index (κ2) is 8.33. The summed E-state index contributed by atoms with van der Waals surface area (Å²) in [5.41, 5.74) is 2.42. The Morgan fingerprint density at radius 2 is 1.67 bits per heavy atom. The summed E-state index contributed by atoms with van der Waals surface area (Å²) in [5, 5.41) is 9.02. The van der Waals surface area contributed by atoms with Crippen molar-refractivity contribution in [2.45, 2.75) is 6.92 Å². The molecule has 0 fully saturated rings. The van der Waals surface area contributed by atoms with Gasteiger partial charge in [0.15, 0.2) is 0 Å². The lowest BCUT2D eigenvalue weighted by molar-refractivity contribution is -0.114. The summed E-state index contributed by atoms with van der Waals surface area (Å²) < 4.78 is 0. The Bertz CT molecular complexity index is 974. The van der Waals surface area contributed by atoms with E-state index in [1.54, 1.807) is 54.7 Å². The Morgan fingerprint density at radius 1 is 0.889 bits per heavy atom. The Labute approximate surface area is 161 Å². The topological polar surface area (TPSA) is 83.1 Å². The molecular weight excluding hydrogens is 364 g/mol. The largest absolute Gasteiger partial charge is 0.340 e. The summed E-state index contributed by atoms with van der Waals surface area (Å²) in [6.07, 6.45) is 1.55. The highest BCUT2D eigenvalue weighted by Crippen LogP contribution is 2.21. The number of carbonyl (C=O) groups is 2. The van der Waals surface area contributed by atoms with Crippen LogP contribution in [0.5, 0.6) is 0 Å². The number of amides is 2. The third-order valence-corrected chi connectivity index (χ3v) is 3.92. The van der Waals surface area contributed by atoms with Crippen LogP contribution < -0.4 is 16.0 Å². The summed E-state index contributed by atoms with van der Waals surface area (Å²) in [6.45, 7) is 1.46. The predicted octanol–water partition coefficient (Wildman–Crippen LogP) is 4.69. The summed E-state index contributed by atoms with van der Waals surface area (Å²) in [6, 6.07) is 17.6. The fourth-order valence-electron chi connectivity index (χ4n) is 2.41. The van der Waals surface area contributed by atoms with Gasteiger partial charge in [0, 0.05) is 18.3 Å². The normalized spacial score (nSPS) is 10.1. The van der Waals surface area contributed by atoms with Crippen molar-refractivity contribution in [1.82, 2.24) is 4.98 Å². The van der Waals surface area contributed by atoms with Crippen molar-refractivity contribution in [1.29, 1.82) is 0 Å². The molecular formula is C20H17ClN4O2. The maximum absolute atomic E-state index is 12.3. The highest BCUT2D eigenvalue weighted by Gasteiger charge is 2.10. The number of hydrogen-bond acceptors (Lipinski definition) is 4. The first-order chi connectivity index (χ1) is 13.0. The van der Waals surface area contributed by atoms with Gasteiger partial charge < -0.3 is 16.0 Å². The fraction of sp³-hybridized carbons (Fsp3) is 0.0500. The number of anilines is 4. The molecule has 3 aromatic rings. The molecule has 6 nitrogen and oxygen atoms in total. The molecule has 0 saturated heterocycles. The number of hydrogen-bond donors (Lipinski definition) is 3. The Hall–Kier alpha value is -3.38. The summed E-state index contributed by atoms with van der Waals surface area (Å²) in [4.78, 5) is 27.7. The van der Waals surface area contributed by atoms with Gasteiger partial charge in [0.25, 0.3) is 5.91 Å². The second-order valence-electron chi connectivity index (χ2n) is 5.75. The summed E-state index contributed by atoms with van der Waals surface area (Å²) in [7, 11) is 0. The van der Waals surface area contributed by atoms with Crippen LogP contribution in [-0.2, 0) is 4.79 Å². The van der Waals surface area contributed by atoms with Gasteiger partial charge in [-0.1, -0.05) is 29.8 Å². The van der Waals surface area contributed by atoms with Gasteiger partial charge in [0.05, 0.1) is 22.5 Å². The minimum atomic E-state index is -0.300. The molecule has 0 aliphatic rings. The molecule has 1 heterocycles. The van der Waals surface area contributed by atoms with E-state index in [0.29, 0.717) is 27.8 Å². The van der Waals surface area contributed by atoms with Crippen molar-refractivity contribution >= 4 is 46.3 Å². The first-order valence-corrected chi connectivity index (χ1v) is 8.56. The smallest absolute Gasteiger partial charge is 0.257 e. The molecule has 7 heteroatoms. The molecule has 0 aliphatic heterocycles. The van der Waals surface area contributed by atoms with E-state index in [1.165, 1.54) is 6.92 Å². The molecule has 136 valence electrons. The van der Waals surface area contributed by atoms with E-state index in [9.17, 15) is 9.59 Å². The molecule has 0 saturated carbocycles. The van der Waals surface area contributed by atoms with E-state index in [2.05, 4.69) is 20.9 Å². The third-order valence-electron chi connectivity index (χ3n) is 3.60. The standard InChI is InChI=1S/C20H17ClN4O2/c1-13(26)23-14-5-4-6-15(11-14)24-19-10-9-16(12-22-19)25-20(27)17-7-2-3-8-18(17)21/h2-12H,1H3,(H,22,24)(H,23,26)(H,25,27). The van der Waals surface area contributed by atoms with Crippen molar-refractivity contribution < 1.29 is 9.59 Å². The highest BCUT2D eigenvalue weighted by atomic mass is 35.5. The zero-order chi connectivity index (χ0) is 19.2. The molecule has 3 N–H and O–H groups in total. The fourth-order valence-corrected chi connectivity index (χ4v) is 2.63. The van der Waals surface area contributed by atoms with Crippen molar-refractivity contribution in [2.75, 3.05) is 16.0 Å². The SMILES string of the molecule is CC(=O)Nc1cccc(Nc2ccc(NC(=O)c3ccccc3Cl)cn2)c1. The number of carbonyl (C=O) groups excluding carboxylic acids is 2. The van der Waals surface area contributed by atoms with E-state index >= 15 is 0 Å². The monoisotopic (exact) mass is 380 g/mol. The number of nitrogens with one attached hydrogen (secondary N) is 3. The molecule has 0 atom stereocenters. The predicted molar refractivity (Wildman–Crippen MR) is 108 cm³/mol. The van der Waals surface area contributed by atoms with E-state index in [1.807, 2.05) is 12.1 Å². The number of halogens is 1. The van der Waals surface area contributed by atoms with Gasteiger partial charge in [-0.3, -0.25) is 9.59 Å². The van der Waals surface area contributed by atoms with Crippen LogP contribution in [-0.4, -0.2) is 16.8 Å². The molecule has 27 heavy (non-hydrogen) atoms. The van der Waals surface area contributed by atoms with Crippen LogP contribution in [0.2, 0.25) is 5.02 Å². The molecule has 0 bridgehead atoms. The summed E-state index contributed by atoms with van der Waals surface area (Å²) in [5.74, 6) is 0.167. The highest BCUT2D eigenvalue weighted by molar-refractivity contribution is 6.34. The van der Waals surface area contributed by atoms with Gasteiger partial charge >= 0.3 is 0 Å². The van der Waals surface area contributed by atoms with Crippen LogP contribution in [0.25, 0.3) is 0 Å². The average molecular weight is 381 g/mol. The zero-order valence-corrected chi connectivity index (χ0v) is 15.2. The Kier molecular flexibility index (Phi) is 5.68. The minimum Gasteiger partial charge on any atom is -0.340 e. The lowest BCUT2D eigenvalue weighted by Crippen LogP contribution is -2.12. The maximum Gasteiger partial charge on any atom is 0.257 e. The number of pyridine rings is 1. The average Bonchev–Trinajstić information content (AvgIpc) is 2.63. The Morgan fingerprint density at radius 3 is 2.37 bits per heavy atom. The molecule has 1 aromatic heterocycles. The lowest BCUT2D eigenvalue weighted by Gasteiger charge is -2.10. The van der Waals surface area contributed by atoms with E-state index in [-0.39, 0.29) is 11.8 Å². The summed E-state index contributed by atoms with van der Waals surface area (Å²) >= 11 is 6.03. The molecule has 0 radical (unpaired) electrons. The number of benzene rings is 2. The van der Waals surface area contributed by atoms with Crippen LogP contribution in [0.1, 0.15) is 17.3 Å². The maximum atomic E-state index is 12.3. The first kappa shape index (κ1) is 18.4. The molecule has 2 aromatic carbocycles. The molecule has 0 spiro atoms. The molecule has 0 aliphatic carbocycles. The molecule has 2 amide bonds. The van der Waals surface area contributed by atoms with Crippen LogP contribution in [0.4, 0.5) is 22.9 Å². The van der Waals surface area contributed by atoms with Crippen LogP contribution in [0, 0.1) is 0 Å². The van der Waals surface area contributed by atoms with Crippen LogP contribution in [0.3, 0.4) is 0 Å². The molecule has 0 unspecified atom stereocenters. The van der Waals surface area contributed by atoms with Gasteiger partial charge in [-0.15, -0.1) is 0 Å².